The number of likely N-dealkylation sites (tertiary alicyclic amines) is 1. The highest BCUT2D eigenvalue weighted by molar-refractivity contribution is 4.89. The van der Waals surface area contributed by atoms with E-state index in [0.717, 1.165) is 18.9 Å². The molecule has 0 aromatic carbocycles. The van der Waals surface area contributed by atoms with E-state index in [1.54, 1.807) is 6.33 Å². The van der Waals surface area contributed by atoms with Gasteiger partial charge >= 0.3 is 0 Å². The van der Waals surface area contributed by atoms with Gasteiger partial charge in [0.15, 0.2) is 0 Å². The highest BCUT2D eigenvalue weighted by Crippen LogP contribution is 2.14. The molecule has 0 spiro atoms. The Kier molecular flexibility index (Phi) is 3.02. The quantitative estimate of drug-likeness (QED) is 0.761. The van der Waals surface area contributed by atoms with Crippen molar-refractivity contribution in [3.05, 3.63) is 12.2 Å². The van der Waals surface area contributed by atoms with Crippen molar-refractivity contribution in [3.8, 4) is 0 Å². The van der Waals surface area contributed by atoms with Crippen LogP contribution in [0.3, 0.4) is 0 Å². The van der Waals surface area contributed by atoms with Crippen LogP contribution in [0.4, 0.5) is 0 Å². The topological polar surface area (TPSA) is 46.0 Å². The van der Waals surface area contributed by atoms with Gasteiger partial charge in [-0.1, -0.05) is 0 Å². The zero-order valence-corrected chi connectivity index (χ0v) is 9.64. The third kappa shape index (κ3) is 2.35. The third-order valence-corrected chi connectivity index (χ3v) is 3.24. The average molecular weight is 209 g/mol. The summed E-state index contributed by atoms with van der Waals surface area (Å²) in [6, 6.07) is 1.27. The number of hydrogen-bond donors (Lipinski definition) is 1. The molecule has 0 bridgehead atoms. The summed E-state index contributed by atoms with van der Waals surface area (Å²) in [6.45, 7) is 4.20. The van der Waals surface area contributed by atoms with Crippen LogP contribution in [0.15, 0.2) is 6.33 Å². The lowest BCUT2D eigenvalue weighted by molar-refractivity contribution is 0.326. The lowest BCUT2D eigenvalue weighted by Crippen LogP contribution is -2.31. The number of aromatic nitrogens is 3. The van der Waals surface area contributed by atoms with Crippen LogP contribution in [-0.2, 0) is 13.6 Å². The Morgan fingerprint density at radius 2 is 2.33 bits per heavy atom. The minimum atomic E-state index is 0.585. The van der Waals surface area contributed by atoms with E-state index in [1.165, 1.54) is 6.42 Å². The summed E-state index contributed by atoms with van der Waals surface area (Å²) < 4.78 is 1.95. The Morgan fingerprint density at radius 3 is 2.87 bits per heavy atom. The van der Waals surface area contributed by atoms with Crippen LogP contribution >= 0.6 is 0 Å². The number of likely N-dealkylation sites (N-methyl/N-ethyl adjacent to an activating group) is 1. The van der Waals surface area contributed by atoms with Crippen LogP contribution in [0.5, 0.6) is 0 Å². The normalized spacial score (nSPS) is 27.4. The van der Waals surface area contributed by atoms with Crippen molar-refractivity contribution in [2.24, 2.45) is 7.05 Å². The van der Waals surface area contributed by atoms with Crippen LogP contribution in [0.1, 0.15) is 19.2 Å². The molecule has 15 heavy (non-hydrogen) atoms. The molecule has 5 heteroatoms. The van der Waals surface area contributed by atoms with Crippen LogP contribution in [0.2, 0.25) is 0 Å². The molecule has 1 N–H and O–H groups in total. The van der Waals surface area contributed by atoms with E-state index in [2.05, 4.69) is 34.4 Å². The average Bonchev–Trinajstić information content (AvgIpc) is 2.72. The maximum atomic E-state index is 4.05. The van der Waals surface area contributed by atoms with E-state index in [4.69, 9.17) is 0 Å². The van der Waals surface area contributed by atoms with Crippen molar-refractivity contribution in [2.75, 3.05) is 13.6 Å². The standard InChI is InChI=1S/C10H19N5/c1-8-4-9(6-14(8)2)11-5-10-13-12-7-15(10)3/h7-9,11H,4-6H2,1-3H3. The minimum Gasteiger partial charge on any atom is -0.320 e. The van der Waals surface area contributed by atoms with Gasteiger partial charge in [-0.05, 0) is 20.4 Å². The summed E-state index contributed by atoms with van der Waals surface area (Å²) in [4.78, 5) is 2.38. The van der Waals surface area contributed by atoms with Gasteiger partial charge in [0.25, 0.3) is 0 Å². The predicted octanol–water partition coefficient (Wildman–Crippen LogP) is -0.00270. The first-order chi connectivity index (χ1) is 7.16. The number of rotatable bonds is 3. The number of aryl methyl sites for hydroxylation is 1. The molecular weight excluding hydrogens is 190 g/mol. The molecule has 1 aromatic rings. The van der Waals surface area contributed by atoms with Crippen molar-refractivity contribution >= 4 is 0 Å². The van der Waals surface area contributed by atoms with Gasteiger partial charge in [-0.25, -0.2) is 0 Å². The zero-order chi connectivity index (χ0) is 10.8. The molecule has 0 aliphatic carbocycles. The van der Waals surface area contributed by atoms with E-state index in [0.29, 0.717) is 12.1 Å². The van der Waals surface area contributed by atoms with Crippen LogP contribution in [-0.4, -0.2) is 45.3 Å². The van der Waals surface area contributed by atoms with Crippen LogP contribution < -0.4 is 5.32 Å². The minimum absolute atomic E-state index is 0.585. The smallest absolute Gasteiger partial charge is 0.146 e. The van der Waals surface area contributed by atoms with Gasteiger partial charge in [0.2, 0.25) is 0 Å². The first kappa shape index (κ1) is 10.6. The van der Waals surface area contributed by atoms with E-state index >= 15 is 0 Å². The van der Waals surface area contributed by atoms with E-state index in [-0.39, 0.29) is 0 Å². The molecule has 0 radical (unpaired) electrons. The number of hydrogen-bond acceptors (Lipinski definition) is 4. The second-order valence-electron chi connectivity index (χ2n) is 4.46. The van der Waals surface area contributed by atoms with Crippen molar-refractivity contribution in [3.63, 3.8) is 0 Å². The van der Waals surface area contributed by atoms with Gasteiger partial charge in [-0.15, -0.1) is 10.2 Å². The first-order valence-electron chi connectivity index (χ1n) is 5.43. The monoisotopic (exact) mass is 209 g/mol. The Hall–Kier alpha value is -0.940. The molecule has 1 aromatic heterocycles. The Labute approximate surface area is 90.5 Å². The van der Waals surface area contributed by atoms with E-state index in [9.17, 15) is 0 Å². The second-order valence-corrected chi connectivity index (χ2v) is 4.46. The maximum Gasteiger partial charge on any atom is 0.146 e. The van der Waals surface area contributed by atoms with Gasteiger partial charge < -0.3 is 14.8 Å². The summed E-state index contributed by atoms with van der Waals surface area (Å²) in [6.07, 6.45) is 2.95. The molecular formula is C10H19N5. The van der Waals surface area contributed by atoms with Gasteiger partial charge in [-0.2, -0.15) is 0 Å². The van der Waals surface area contributed by atoms with Crippen molar-refractivity contribution in [2.45, 2.75) is 32.0 Å². The van der Waals surface area contributed by atoms with E-state index < -0.39 is 0 Å². The molecule has 1 aliphatic heterocycles. The first-order valence-corrected chi connectivity index (χ1v) is 5.43. The zero-order valence-electron chi connectivity index (χ0n) is 9.64. The fraction of sp³-hybridized carbons (Fsp3) is 0.800. The highest BCUT2D eigenvalue weighted by Gasteiger charge is 2.25. The molecule has 5 nitrogen and oxygen atoms in total. The molecule has 2 unspecified atom stereocenters. The number of nitrogens with zero attached hydrogens (tertiary/aromatic N) is 4. The van der Waals surface area contributed by atoms with Crippen molar-refractivity contribution in [1.29, 1.82) is 0 Å². The maximum absolute atomic E-state index is 4.05. The second kappa shape index (κ2) is 4.28. The molecule has 0 amide bonds. The largest absolute Gasteiger partial charge is 0.320 e. The fourth-order valence-electron chi connectivity index (χ4n) is 2.04. The summed E-state index contributed by atoms with van der Waals surface area (Å²) in [5.74, 6) is 0.997. The lowest BCUT2D eigenvalue weighted by atomic mass is 10.2. The molecule has 2 rings (SSSR count). The Morgan fingerprint density at radius 1 is 1.53 bits per heavy atom. The molecule has 2 heterocycles. The molecule has 2 atom stereocenters. The molecule has 0 saturated carbocycles. The Bertz CT molecular complexity index is 311. The van der Waals surface area contributed by atoms with E-state index in [1.807, 2.05) is 11.6 Å². The molecule has 1 aliphatic rings. The van der Waals surface area contributed by atoms with Gasteiger partial charge in [-0.3, -0.25) is 0 Å². The third-order valence-electron chi connectivity index (χ3n) is 3.24. The predicted molar refractivity (Wildman–Crippen MR) is 58.3 cm³/mol. The molecule has 1 fully saturated rings. The lowest BCUT2D eigenvalue weighted by Gasteiger charge is -2.13. The van der Waals surface area contributed by atoms with Crippen molar-refractivity contribution in [1.82, 2.24) is 25.0 Å². The summed E-state index contributed by atoms with van der Waals surface area (Å²) in [5.41, 5.74) is 0. The van der Waals surface area contributed by atoms with Gasteiger partial charge in [0.1, 0.15) is 12.2 Å². The summed E-state index contributed by atoms with van der Waals surface area (Å²) in [5, 5.41) is 11.4. The fourth-order valence-corrected chi connectivity index (χ4v) is 2.04. The van der Waals surface area contributed by atoms with Gasteiger partial charge in [0, 0.05) is 25.7 Å². The summed E-state index contributed by atoms with van der Waals surface area (Å²) in [7, 11) is 4.15. The van der Waals surface area contributed by atoms with Gasteiger partial charge in [0.05, 0.1) is 6.54 Å². The molecule has 1 saturated heterocycles. The number of nitrogens with one attached hydrogen (secondary N) is 1. The Balaban J connectivity index is 1.82. The molecule has 84 valence electrons. The van der Waals surface area contributed by atoms with Crippen LogP contribution in [0.25, 0.3) is 0 Å². The summed E-state index contributed by atoms with van der Waals surface area (Å²) >= 11 is 0. The van der Waals surface area contributed by atoms with Crippen LogP contribution in [0, 0.1) is 0 Å². The SMILES string of the molecule is CC1CC(NCc2nncn2C)CN1C. The van der Waals surface area contributed by atoms with Crippen molar-refractivity contribution < 1.29 is 0 Å². The highest BCUT2D eigenvalue weighted by atomic mass is 15.3.